The lowest BCUT2D eigenvalue weighted by molar-refractivity contribution is -0.927. The summed E-state index contributed by atoms with van der Waals surface area (Å²) in [6.45, 7) is 24.5. The Morgan fingerprint density at radius 2 is 0.828 bits per heavy atom. The zero-order chi connectivity index (χ0) is 46.5. The topological polar surface area (TPSA) is 88.0 Å². The largest absolute Gasteiger partial charge is 0.331 e. The van der Waals surface area contributed by atoms with Gasteiger partial charge in [-0.1, -0.05) is 90.9 Å². The molecule has 0 N–H and O–H groups in total. The molecule has 3 rings (SSSR count). The van der Waals surface area contributed by atoms with Crippen molar-refractivity contribution in [1.82, 2.24) is 18.3 Å². The van der Waals surface area contributed by atoms with E-state index in [1.54, 1.807) is 12.3 Å². The molecule has 2 unspecified atom stereocenters. The van der Waals surface area contributed by atoms with E-state index < -0.39 is 0 Å². The third-order valence-corrected chi connectivity index (χ3v) is 15.3. The zero-order valence-corrected chi connectivity index (χ0v) is 42.8. The third kappa shape index (κ3) is 19.6. The summed E-state index contributed by atoms with van der Waals surface area (Å²) < 4.78 is 8.93. The van der Waals surface area contributed by atoms with Gasteiger partial charge in [-0.15, -0.1) is 0 Å². The van der Waals surface area contributed by atoms with Crippen molar-refractivity contribution < 1.29 is 8.97 Å². The monoisotopic (exact) mass is 897 g/mol. The van der Waals surface area contributed by atoms with Gasteiger partial charge in [0.05, 0.1) is 52.4 Å². The van der Waals surface area contributed by atoms with Gasteiger partial charge < -0.3 is 13.5 Å². The van der Waals surface area contributed by atoms with Crippen molar-refractivity contribution in [2.24, 2.45) is 0 Å². The summed E-state index contributed by atoms with van der Waals surface area (Å²) in [6, 6.07) is 1.68. The number of nitrogens with zero attached hydrogens (tertiary/aromatic N) is 6. The van der Waals surface area contributed by atoms with Gasteiger partial charge in [-0.25, -0.2) is 9.59 Å². The van der Waals surface area contributed by atoms with Crippen molar-refractivity contribution in [3.63, 3.8) is 0 Å². The molecule has 0 saturated carbocycles. The molecule has 1 aliphatic heterocycles. The number of aryl methyl sites for hydroxylation is 3. The van der Waals surface area contributed by atoms with E-state index in [1.165, 1.54) is 125 Å². The number of unbranched alkanes of at least 4 members (excludes halogenated alkanes) is 14. The highest BCUT2D eigenvalue weighted by Gasteiger charge is 2.26. The van der Waals surface area contributed by atoms with Gasteiger partial charge >= 0.3 is 11.4 Å². The molecule has 2 aromatic rings. The zero-order valence-electron chi connectivity index (χ0n) is 42.8. The molecule has 0 aliphatic carbocycles. The van der Waals surface area contributed by atoms with E-state index in [0.717, 1.165) is 131 Å². The summed E-state index contributed by atoms with van der Waals surface area (Å²) in [5.74, 6) is 0. The van der Waals surface area contributed by atoms with Gasteiger partial charge in [-0.2, -0.15) is 0 Å². The molecule has 0 radical (unpaired) electrons. The highest BCUT2D eigenvalue weighted by molar-refractivity contribution is 5.03. The number of hydrogen-bond acceptors (Lipinski definition) is 4. The fourth-order valence-corrected chi connectivity index (χ4v) is 10.7. The fourth-order valence-electron chi connectivity index (χ4n) is 10.7. The SMILES string of the molecule is CCCCCCCCCC[N+]1(CC)CCCCCn2c(C)cc(=O)n(c2=O)CCCCC[N+](CC)(CCCCCCCCCC)CCCCCn2cc(C)c(=O)n(c2=O)CCCCC1. The first-order chi connectivity index (χ1) is 31.1. The van der Waals surface area contributed by atoms with Gasteiger partial charge in [0, 0.05) is 49.7 Å². The maximum absolute atomic E-state index is 13.8. The Hall–Kier alpha value is -2.72. The quantitative estimate of drug-likeness (QED) is 0.0978. The molecule has 0 spiro atoms. The van der Waals surface area contributed by atoms with Crippen LogP contribution < -0.4 is 22.5 Å². The first-order valence-corrected chi connectivity index (χ1v) is 27.4. The molecule has 2 atom stereocenters. The standard InChI is InChI=1S/C54H100N6O4/c1-7-11-13-15-17-19-21-31-41-59(9-3)43-33-23-27-37-55-48-49(5)52(62)58(53(55)63)40-30-26-36-46-60(10-4,42-32-22-20-18-16-14-12-8-2)44-34-24-28-38-56-50(6)47-51(61)57(54(56)64)39-29-25-35-45-59/h47-48H,7-46H2,1-6H3/q+2. The van der Waals surface area contributed by atoms with E-state index in [9.17, 15) is 19.2 Å². The molecule has 64 heavy (non-hydrogen) atoms. The van der Waals surface area contributed by atoms with Gasteiger partial charge in [0.15, 0.2) is 0 Å². The third-order valence-electron chi connectivity index (χ3n) is 15.3. The Morgan fingerprint density at radius 1 is 0.438 bits per heavy atom. The van der Waals surface area contributed by atoms with Gasteiger partial charge in [0.1, 0.15) is 0 Å². The van der Waals surface area contributed by atoms with Crippen molar-refractivity contribution in [1.29, 1.82) is 0 Å². The summed E-state index contributed by atoms with van der Waals surface area (Å²) in [4.78, 5) is 54.0. The van der Waals surface area contributed by atoms with Crippen LogP contribution >= 0.6 is 0 Å². The van der Waals surface area contributed by atoms with Crippen LogP contribution in [-0.2, 0) is 26.2 Å². The number of fused-ring (bicyclic) bond motifs is 4. The summed E-state index contributed by atoms with van der Waals surface area (Å²) in [6.07, 6.45) is 35.0. The van der Waals surface area contributed by atoms with E-state index >= 15 is 0 Å². The van der Waals surface area contributed by atoms with Crippen LogP contribution in [0, 0.1) is 13.8 Å². The summed E-state index contributed by atoms with van der Waals surface area (Å²) in [7, 11) is 0. The average Bonchev–Trinajstić information content (AvgIpc) is 3.28. The number of aromatic nitrogens is 4. The molecule has 10 nitrogen and oxygen atoms in total. The minimum Gasteiger partial charge on any atom is -0.324 e. The Morgan fingerprint density at radius 3 is 1.27 bits per heavy atom. The molecular weight excluding hydrogens is 797 g/mol. The van der Waals surface area contributed by atoms with Crippen LogP contribution in [0.1, 0.15) is 219 Å². The molecule has 1 aliphatic rings. The number of quaternary nitrogens is 2. The first-order valence-electron chi connectivity index (χ1n) is 27.4. The van der Waals surface area contributed by atoms with Crippen molar-refractivity contribution in [3.8, 4) is 0 Å². The van der Waals surface area contributed by atoms with Gasteiger partial charge in [0.2, 0.25) is 0 Å². The van der Waals surface area contributed by atoms with Crippen LogP contribution in [0.15, 0.2) is 31.4 Å². The molecule has 3 heterocycles. The Kier molecular flexibility index (Phi) is 27.9. The summed E-state index contributed by atoms with van der Waals surface area (Å²) in [5, 5.41) is 0. The van der Waals surface area contributed by atoms with Gasteiger partial charge in [-0.05, 0) is 130 Å². The summed E-state index contributed by atoms with van der Waals surface area (Å²) in [5.41, 5.74) is 0.875. The second-order valence-corrected chi connectivity index (χ2v) is 20.3. The Labute approximate surface area is 391 Å². The average molecular weight is 897 g/mol. The van der Waals surface area contributed by atoms with Gasteiger partial charge in [-0.3, -0.25) is 23.3 Å². The minimum absolute atomic E-state index is 0.128. The van der Waals surface area contributed by atoms with E-state index in [1.807, 2.05) is 23.0 Å². The first kappa shape index (κ1) is 55.6. The molecular formula is C54H100N6O4+2. The van der Waals surface area contributed by atoms with Crippen LogP contribution in [0.4, 0.5) is 0 Å². The highest BCUT2D eigenvalue weighted by atomic mass is 16.2. The molecule has 0 saturated heterocycles. The van der Waals surface area contributed by atoms with E-state index in [-0.39, 0.29) is 22.5 Å². The Bertz CT molecular complexity index is 1790. The number of hydrogen-bond donors (Lipinski definition) is 0. The molecule has 2 aromatic heterocycles. The summed E-state index contributed by atoms with van der Waals surface area (Å²) >= 11 is 0. The van der Waals surface area contributed by atoms with E-state index in [2.05, 4.69) is 27.7 Å². The van der Waals surface area contributed by atoms with Crippen LogP contribution in [0.5, 0.6) is 0 Å². The molecule has 10 heteroatoms. The predicted octanol–water partition coefficient (Wildman–Crippen LogP) is 11.3. The highest BCUT2D eigenvalue weighted by Crippen LogP contribution is 2.20. The lowest BCUT2D eigenvalue weighted by Crippen LogP contribution is -2.50. The normalized spacial score (nSPS) is 20.7. The molecule has 0 aromatic carbocycles. The number of rotatable bonds is 20. The van der Waals surface area contributed by atoms with Crippen LogP contribution in [0.2, 0.25) is 0 Å². The Balaban J connectivity index is 1.76. The van der Waals surface area contributed by atoms with Crippen LogP contribution in [0.3, 0.4) is 0 Å². The van der Waals surface area contributed by atoms with Crippen molar-refractivity contribution in [2.75, 3.05) is 52.4 Å². The smallest absolute Gasteiger partial charge is 0.324 e. The van der Waals surface area contributed by atoms with Gasteiger partial charge in [0.25, 0.3) is 11.1 Å². The lowest BCUT2D eigenvalue weighted by atomic mass is 10.1. The molecule has 368 valence electrons. The van der Waals surface area contributed by atoms with E-state index in [0.29, 0.717) is 31.7 Å². The second-order valence-electron chi connectivity index (χ2n) is 20.3. The lowest BCUT2D eigenvalue weighted by Gasteiger charge is -2.38. The molecule has 0 amide bonds. The van der Waals surface area contributed by atoms with Crippen molar-refractivity contribution in [2.45, 2.75) is 248 Å². The van der Waals surface area contributed by atoms with Crippen molar-refractivity contribution >= 4 is 0 Å². The minimum atomic E-state index is -0.158. The molecule has 0 fully saturated rings. The van der Waals surface area contributed by atoms with Crippen LogP contribution in [-0.4, -0.2) is 79.6 Å². The maximum atomic E-state index is 13.8. The van der Waals surface area contributed by atoms with Crippen molar-refractivity contribution in [3.05, 3.63) is 65.2 Å². The maximum Gasteiger partial charge on any atom is 0.331 e. The molecule has 4 bridgehead atoms. The van der Waals surface area contributed by atoms with Crippen LogP contribution in [0.25, 0.3) is 0 Å². The second kappa shape index (κ2) is 32.1. The predicted molar refractivity (Wildman–Crippen MR) is 271 cm³/mol. The van der Waals surface area contributed by atoms with E-state index in [4.69, 9.17) is 0 Å². The fraction of sp³-hybridized carbons (Fsp3) is 0.852.